The van der Waals surface area contributed by atoms with Crippen LogP contribution in [0.4, 0.5) is 0 Å². The van der Waals surface area contributed by atoms with E-state index >= 15 is 0 Å². The van der Waals surface area contributed by atoms with Crippen LogP contribution in [0, 0.1) is 24.2 Å². The lowest BCUT2D eigenvalue weighted by atomic mass is 9.88. The summed E-state index contributed by atoms with van der Waals surface area (Å²) in [6.07, 6.45) is 8.25. The van der Waals surface area contributed by atoms with Crippen LogP contribution < -0.4 is 0 Å². The van der Waals surface area contributed by atoms with Crippen LogP contribution >= 0.6 is 11.3 Å². The molecule has 2 heterocycles. The van der Waals surface area contributed by atoms with Crippen LogP contribution in [0.5, 0.6) is 0 Å². The SMILES string of the molecule is Cc1sc2c(c1C#N)CN(CC1CCCCC1)CC2. The predicted octanol–water partition coefficient (Wildman–Crippen LogP) is 3.87. The molecule has 0 unspecified atom stereocenters. The first-order valence-corrected chi connectivity index (χ1v) is 8.33. The first-order chi connectivity index (χ1) is 9.28. The van der Waals surface area contributed by atoms with Crippen molar-refractivity contribution in [3.8, 4) is 6.07 Å². The molecule has 2 nitrogen and oxygen atoms in total. The summed E-state index contributed by atoms with van der Waals surface area (Å²) in [5.74, 6) is 0.903. The van der Waals surface area contributed by atoms with Gasteiger partial charge in [0.1, 0.15) is 6.07 Å². The third kappa shape index (κ3) is 2.70. The minimum absolute atomic E-state index is 0.903. The minimum Gasteiger partial charge on any atom is -0.298 e. The van der Waals surface area contributed by atoms with Gasteiger partial charge < -0.3 is 0 Å². The molecule has 1 saturated carbocycles. The van der Waals surface area contributed by atoms with Crippen LogP contribution in [-0.4, -0.2) is 18.0 Å². The van der Waals surface area contributed by atoms with E-state index in [9.17, 15) is 5.26 Å². The highest BCUT2D eigenvalue weighted by molar-refractivity contribution is 7.12. The van der Waals surface area contributed by atoms with Crippen LogP contribution in [0.3, 0.4) is 0 Å². The quantitative estimate of drug-likeness (QED) is 0.818. The summed E-state index contributed by atoms with van der Waals surface area (Å²) in [6, 6.07) is 2.41. The van der Waals surface area contributed by atoms with E-state index in [4.69, 9.17) is 0 Å². The van der Waals surface area contributed by atoms with Crippen LogP contribution in [0.15, 0.2) is 0 Å². The van der Waals surface area contributed by atoms with Crippen molar-refractivity contribution in [2.45, 2.75) is 52.0 Å². The van der Waals surface area contributed by atoms with Crippen molar-refractivity contribution < 1.29 is 0 Å². The summed E-state index contributed by atoms with van der Waals surface area (Å²) in [4.78, 5) is 5.27. The van der Waals surface area contributed by atoms with Gasteiger partial charge in [-0.15, -0.1) is 11.3 Å². The standard InChI is InChI=1S/C16H22N2S/c1-12-14(9-17)15-11-18(8-7-16(15)19-12)10-13-5-3-2-4-6-13/h13H,2-8,10-11H2,1H3. The Bertz CT molecular complexity index is 492. The van der Waals surface area contributed by atoms with Gasteiger partial charge in [0, 0.05) is 29.4 Å². The molecule has 19 heavy (non-hydrogen) atoms. The Balaban J connectivity index is 1.69. The maximum Gasteiger partial charge on any atom is 0.101 e. The molecule has 102 valence electrons. The van der Waals surface area contributed by atoms with Crippen molar-refractivity contribution in [1.29, 1.82) is 5.26 Å². The van der Waals surface area contributed by atoms with Gasteiger partial charge in [-0.3, -0.25) is 4.90 Å². The molecule has 0 aromatic carbocycles. The number of thiophene rings is 1. The number of fused-ring (bicyclic) bond motifs is 1. The van der Waals surface area contributed by atoms with E-state index in [-0.39, 0.29) is 0 Å². The van der Waals surface area contributed by atoms with Gasteiger partial charge in [-0.1, -0.05) is 19.3 Å². The molecule has 0 saturated heterocycles. The Morgan fingerprint density at radius 3 is 2.84 bits per heavy atom. The summed E-state index contributed by atoms with van der Waals surface area (Å²) in [5.41, 5.74) is 2.31. The molecule has 1 fully saturated rings. The van der Waals surface area contributed by atoms with Crippen molar-refractivity contribution in [3.63, 3.8) is 0 Å². The third-order valence-corrected chi connectivity index (χ3v) is 5.86. The summed E-state index contributed by atoms with van der Waals surface area (Å²) >= 11 is 1.84. The molecular weight excluding hydrogens is 252 g/mol. The van der Waals surface area contributed by atoms with Crippen LogP contribution in [-0.2, 0) is 13.0 Å². The zero-order valence-corrected chi connectivity index (χ0v) is 12.6. The Morgan fingerprint density at radius 2 is 2.11 bits per heavy atom. The fourth-order valence-corrected chi connectivity index (χ4v) is 4.74. The van der Waals surface area contributed by atoms with E-state index in [1.165, 1.54) is 60.5 Å². The smallest absolute Gasteiger partial charge is 0.101 e. The Morgan fingerprint density at radius 1 is 1.32 bits per heavy atom. The molecule has 0 radical (unpaired) electrons. The van der Waals surface area contributed by atoms with Crippen molar-refractivity contribution in [2.75, 3.05) is 13.1 Å². The lowest BCUT2D eigenvalue weighted by Crippen LogP contribution is -2.34. The molecule has 1 aliphatic heterocycles. The van der Waals surface area contributed by atoms with Crippen molar-refractivity contribution in [1.82, 2.24) is 4.90 Å². The maximum atomic E-state index is 9.31. The molecule has 1 aromatic heterocycles. The molecule has 0 amide bonds. The highest BCUT2D eigenvalue weighted by Gasteiger charge is 2.25. The second-order valence-electron chi connectivity index (χ2n) is 6.04. The molecule has 3 rings (SSSR count). The summed E-state index contributed by atoms with van der Waals surface area (Å²) < 4.78 is 0. The van der Waals surface area contributed by atoms with Gasteiger partial charge in [0.05, 0.1) is 5.56 Å². The van der Waals surface area contributed by atoms with E-state index in [0.717, 1.165) is 24.4 Å². The van der Waals surface area contributed by atoms with E-state index < -0.39 is 0 Å². The van der Waals surface area contributed by atoms with Gasteiger partial charge in [0.15, 0.2) is 0 Å². The number of hydrogen-bond acceptors (Lipinski definition) is 3. The number of nitriles is 1. The molecule has 0 bridgehead atoms. The zero-order valence-electron chi connectivity index (χ0n) is 11.7. The monoisotopic (exact) mass is 274 g/mol. The normalized spacial score (nSPS) is 21.1. The molecule has 1 aliphatic carbocycles. The van der Waals surface area contributed by atoms with Gasteiger partial charge in [-0.2, -0.15) is 5.26 Å². The van der Waals surface area contributed by atoms with E-state index in [1.807, 2.05) is 11.3 Å². The Kier molecular flexibility index (Phi) is 3.91. The van der Waals surface area contributed by atoms with Crippen LogP contribution in [0.1, 0.15) is 53.0 Å². The molecule has 2 aliphatic rings. The summed E-state index contributed by atoms with van der Waals surface area (Å²) in [5, 5.41) is 9.31. The number of rotatable bonds is 2. The molecule has 3 heteroatoms. The maximum absolute atomic E-state index is 9.31. The van der Waals surface area contributed by atoms with E-state index in [0.29, 0.717) is 0 Å². The van der Waals surface area contributed by atoms with Gasteiger partial charge in [-0.25, -0.2) is 0 Å². The van der Waals surface area contributed by atoms with Gasteiger partial charge in [-0.05, 0) is 37.7 Å². The summed E-state index contributed by atoms with van der Waals surface area (Å²) in [6.45, 7) is 5.54. The topological polar surface area (TPSA) is 27.0 Å². The lowest BCUT2D eigenvalue weighted by molar-refractivity contribution is 0.188. The first kappa shape index (κ1) is 13.1. The highest BCUT2D eigenvalue weighted by atomic mass is 32.1. The fraction of sp³-hybridized carbons (Fsp3) is 0.688. The zero-order chi connectivity index (χ0) is 13.2. The fourth-order valence-electron chi connectivity index (χ4n) is 3.62. The third-order valence-electron chi connectivity index (χ3n) is 4.66. The van der Waals surface area contributed by atoms with Gasteiger partial charge in [0.25, 0.3) is 0 Å². The predicted molar refractivity (Wildman–Crippen MR) is 79.3 cm³/mol. The first-order valence-electron chi connectivity index (χ1n) is 7.51. The average Bonchev–Trinajstić information content (AvgIpc) is 2.74. The van der Waals surface area contributed by atoms with Gasteiger partial charge >= 0.3 is 0 Å². The van der Waals surface area contributed by atoms with Crippen LogP contribution in [0.2, 0.25) is 0 Å². The average molecular weight is 274 g/mol. The molecule has 0 N–H and O–H groups in total. The van der Waals surface area contributed by atoms with Crippen molar-refractivity contribution in [2.24, 2.45) is 5.92 Å². The van der Waals surface area contributed by atoms with E-state index in [2.05, 4.69) is 17.9 Å². The van der Waals surface area contributed by atoms with Crippen LogP contribution in [0.25, 0.3) is 0 Å². The largest absolute Gasteiger partial charge is 0.298 e. The number of aryl methyl sites for hydroxylation is 1. The highest BCUT2D eigenvalue weighted by Crippen LogP contribution is 2.33. The number of nitrogens with zero attached hydrogens (tertiary/aromatic N) is 2. The second kappa shape index (κ2) is 5.64. The van der Waals surface area contributed by atoms with Crippen molar-refractivity contribution >= 4 is 11.3 Å². The van der Waals surface area contributed by atoms with Crippen molar-refractivity contribution in [3.05, 3.63) is 20.9 Å². The summed E-state index contributed by atoms with van der Waals surface area (Å²) in [7, 11) is 0. The molecule has 1 aromatic rings. The van der Waals surface area contributed by atoms with E-state index in [1.54, 1.807) is 0 Å². The van der Waals surface area contributed by atoms with Gasteiger partial charge in [0.2, 0.25) is 0 Å². The minimum atomic E-state index is 0.903. The lowest BCUT2D eigenvalue weighted by Gasteiger charge is -2.32. The Hall–Kier alpha value is -0.850. The Labute approximate surface area is 120 Å². The number of hydrogen-bond donors (Lipinski definition) is 0. The molecular formula is C16H22N2S. The second-order valence-corrected chi connectivity index (χ2v) is 7.35. The molecule has 0 spiro atoms. The molecule has 0 atom stereocenters.